The van der Waals surface area contributed by atoms with Crippen molar-refractivity contribution in [2.24, 2.45) is 0 Å². The van der Waals surface area contributed by atoms with Crippen LogP contribution in [-0.4, -0.2) is 21.3 Å². The van der Waals surface area contributed by atoms with Crippen molar-refractivity contribution in [3.63, 3.8) is 0 Å². The molecule has 0 spiro atoms. The maximum absolute atomic E-state index is 13.2. The summed E-state index contributed by atoms with van der Waals surface area (Å²) in [6, 6.07) is 18.8. The van der Waals surface area contributed by atoms with E-state index in [-0.39, 0.29) is 22.3 Å². The van der Waals surface area contributed by atoms with Crippen molar-refractivity contribution in [1.82, 2.24) is 0 Å². The molecule has 30 heavy (non-hydrogen) atoms. The van der Waals surface area contributed by atoms with Gasteiger partial charge in [-0.2, -0.15) is 0 Å². The molecule has 5 nitrogen and oxygen atoms in total. The first kappa shape index (κ1) is 21.6. The van der Waals surface area contributed by atoms with Crippen LogP contribution in [0.25, 0.3) is 0 Å². The van der Waals surface area contributed by atoms with Gasteiger partial charge in [-0.15, -0.1) is 0 Å². The first-order chi connectivity index (χ1) is 14.2. The molecule has 0 saturated heterocycles. The van der Waals surface area contributed by atoms with Gasteiger partial charge < -0.3 is 4.74 Å². The molecule has 1 N–H and O–H groups in total. The van der Waals surface area contributed by atoms with E-state index in [1.54, 1.807) is 74.7 Å². The Hall–Kier alpha value is -3.12. The zero-order chi connectivity index (χ0) is 21.9. The van der Waals surface area contributed by atoms with Gasteiger partial charge in [-0.1, -0.05) is 56.3 Å². The third-order valence-electron chi connectivity index (χ3n) is 4.89. The Balaban J connectivity index is 2.04. The van der Waals surface area contributed by atoms with Gasteiger partial charge in [0.05, 0.1) is 17.7 Å². The van der Waals surface area contributed by atoms with Gasteiger partial charge in [0.25, 0.3) is 10.0 Å². The number of ketones is 1. The molecule has 0 radical (unpaired) electrons. The fraction of sp³-hybridized carbons (Fsp3) is 0.208. The predicted molar refractivity (Wildman–Crippen MR) is 119 cm³/mol. The molecule has 0 aliphatic carbocycles. The van der Waals surface area contributed by atoms with Crippen molar-refractivity contribution in [3.8, 4) is 5.75 Å². The lowest BCUT2D eigenvalue weighted by Crippen LogP contribution is -2.17. The lowest BCUT2D eigenvalue weighted by Gasteiger charge is -2.18. The van der Waals surface area contributed by atoms with Crippen LogP contribution in [0.5, 0.6) is 5.75 Å². The van der Waals surface area contributed by atoms with E-state index < -0.39 is 10.0 Å². The fourth-order valence-electron chi connectivity index (χ4n) is 3.31. The third-order valence-corrected chi connectivity index (χ3v) is 6.40. The first-order valence-corrected chi connectivity index (χ1v) is 11.1. The van der Waals surface area contributed by atoms with E-state index in [1.807, 2.05) is 19.9 Å². The highest BCUT2D eigenvalue weighted by atomic mass is 32.2. The quantitative estimate of drug-likeness (QED) is 0.533. The SMILES string of the molecule is COc1cc(C)c(S(=O)(=O)Nc2ccccc2C(=O)c2ccccc2)cc1C(C)C. The molecule has 6 heteroatoms. The number of aryl methyl sites for hydroxylation is 1. The van der Waals surface area contributed by atoms with Gasteiger partial charge in [0, 0.05) is 11.1 Å². The van der Waals surface area contributed by atoms with Gasteiger partial charge in [-0.3, -0.25) is 9.52 Å². The van der Waals surface area contributed by atoms with Gasteiger partial charge >= 0.3 is 0 Å². The first-order valence-electron chi connectivity index (χ1n) is 9.64. The summed E-state index contributed by atoms with van der Waals surface area (Å²) in [6.45, 7) is 5.68. The highest BCUT2D eigenvalue weighted by Crippen LogP contribution is 2.32. The van der Waals surface area contributed by atoms with E-state index in [2.05, 4.69) is 4.72 Å². The standard InChI is InChI=1S/C24H25NO4S/c1-16(2)20-15-23(17(3)14-22(20)29-4)30(27,28)25-21-13-9-8-12-19(21)24(26)18-10-6-5-7-11-18/h5-16,25H,1-4H3. The summed E-state index contributed by atoms with van der Waals surface area (Å²) in [7, 11) is -2.35. The minimum absolute atomic E-state index is 0.0847. The molecule has 0 heterocycles. The zero-order valence-electron chi connectivity index (χ0n) is 17.5. The average molecular weight is 424 g/mol. The summed E-state index contributed by atoms with van der Waals surface area (Å²) in [5.41, 5.74) is 2.40. The average Bonchev–Trinajstić information content (AvgIpc) is 2.73. The van der Waals surface area contributed by atoms with E-state index >= 15 is 0 Å². The van der Waals surface area contributed by atoms with Crippen LogP contribution >= 0.6 is 0 Å². The molecule has 0 fully saturated rings. The van der Waals surface area contributed by atoms with Gasteiger partial charge in [0.15, 0.2) is 5.78 Å². The Kier molecular flexibility index (Phi) is 6.27. The van der Waals surface area contributed by atoms with Crippen molar-refractivity contribution in [2.75, 3.05) is 11.8 Å². The minimum Gasteiger partial charge on any atom is -0.496 e. The van der Waals surface area contributed by atoms with Crippen molar-refractivity contribution in [2.45, 2.75) is 31.6 Å². The predicted octanol–water partition coefficient (Wildman–Crippen LogP) is 5.16. The summed E-state index contributed by atoms with van der Waals surface area (Å²) in [4.78, 5) is 13.1. The van der Waals surface area contributed by atoms with Crippen LogP contribution < -0.4 is 9.46 Å². The maximum atomic E-state index is 13.2. The number of carbonyl (C=O) groups excluding carboxylic acids is 1. The second-order valence-electron chi connectivity index (χ2n) is 7.36. The van der Waals surface area contributed by atoms with E-state index in [1.165, 1.54) is 0 Å². The maximum Gasteiger partial charge on any atom is 0.262 e. The van der Waals surface area contributed by atoms with Gasteiger partial charge in [-0.25, -0.2) is 8.42 Å². The number of ether oxygens (including phenoxy) is 1. The van der Waals surface area contributed by atoms with E-state index in [9.17, 15) is 13.2 Å². The zero-order valence-corrected chi connectivity index (χ0v) is 18.3. The summed E-state index contributed by atoms with van der Waals surface area (Å²) < 4.78 is 34.5. The lowest BCUT2D eigenvalue weighted by atomic mass is 10.0. The number of nitrogens with one attached hydrogen (secondary N) is 1. The second kappa shape index (κ2) is 8.71. The fourth-order valence-corrected chi connectivity index (χ4v) is 4.65. The highest BCUT2D eigenvalue weighted by Gasteiger charge is 2.23. The van der Waals surface area contributed by atoms with Gasteiger partial charge in [-0.05, 0) is 48.2 Å². The number of benzene rings is 3. The molecule has 156 valence electrons. The van der Waals surface area contributed by atoms with Crippen LogP contribution in [0.3, 0.4) is 0 Å². The topological polar surface area (TPSA) is 72.5 Å². The molecule has 0 saturated carbocycles. The molecule has 3 aromatic rings. The largest absolute Gasteiger partial charge is 0.496 e. The van der Waals surface area contributed by atoms with Gasteiger partial charge in [0.1, 0.15) is 5.75 Å². The molecular weight excluding hydrogens is 398 g/mol. The summed E-state index contributed by atoms with van der Waals surface area (Å²) in [6.07, 6.45) is 0. The van der Waals surface area contributed by atoms with Crippen LogP contribution in [0.4, 0.5) is 5.69 Å². The number of rotatable bonds is 7. The normalized spacial score (nSPS) is 11.4. The monoisotopic (exact) mass is 423 g/mol. The molecule has 0 bridgehead atoms. The number of carbonyl (C=O) groups is 1. The smallest absolute Gasteiger partial charge is 0.262 e. The molecule has 0 atom stereocenters. The van der Waals surface area contributed by atoms with E-state index in [4.69, 9.17) is 4.74 Å². The number of para-hydroxylation sites is 1. The van der Waals surface area contributed by atoms with Crippen LogP contribution in [0, 0.1) is 6.92 Å². The van der Waals surface area contributed by atoms with Gasteiger partial charge in [0.2, 0.25) is 0 Å². The summed E-state index contributed by atoms with van der Waals surface area (Å²) >= 11 is 0. The minimum atomic E-state index is -3.92. The second-order valence-corrected chi connectivity index (χ2v) is 9.01. The molecule has 3 aromatic carbocycles. The van der Waals surface area contributed by atoms with Crippen molar-refractivity contribution in [3.05, 3.63) is 89.0 Å². The van der Waals surface area contributed by atoms with E-state index in [0.717, 1.165) is 5.56 Å². The Bertz CT molecular complexity index is 1170. The molecule has 0 aromatic heterocycles. The van der Waals surface area contributed by atoms with Crippen LogP contribution in [-0.2, 0) is 10.0 Å². The molecule has 0 amide bonds. The number of hydrogen-bond acceptors (Lipinski definition) is 4. The van der Waals surface area contributed by atoms with Crippen molar-refractivity contribution >= 4 is 21.5 Å². The van der Waals surface area contributed by atoms with Crippen LogP contribution in [0.2, 0.25) is 0 Å². The van der Waals surface area contributed by atoms with Crippen molar-refractivity contribution in [1.29, 1.82) is 0 Å². The Morgan fingerprint density at radius 2 is 1.60 bits per heavy atom. The molecule has 0 aliphatic heterocycles. The summed E-state index contributed by atoms with van der Waals surface area (Å²) in [5, 5.41) is 0. The molecule has 0 aliphatic rings. The Labute approximate surface area is 177 Å². The number of sulfonamides is 1. The van der Waals surface area contributed by atoms with Crippen LogP contribution in [0.15, 0.2) is 71.6 Å². The summed E-state index contributed by atoms with van der Waals surface area (Å²) in [5.74, 6) is 0.491. The van der Waals surface area contributed by atoms with E-state index in [0.29, 0.717) is 22.4 Å². The number of hydrogen-bond donors (Lipinski definition) is 1. The Morgan fingerprint density at radius 3 is 2.23 bits per heavy atom. The number of methoxy groups -OCH3 is 1. The molecular formula is C24H25NO4S. The lowest BCUT2D eigenvalue weighted by molar-refractivity contribution is 0.103. The molecule has 3 rings (SSSR count). The Morgan fingerprint density at radius 1 is 0.967 bits per heavy atom. The molecule has 0 unspecified atom stereocenters. The van der Waals surface area contributed by atoms with Crippen LogP contribution in [0.1, 0.15) is 46.8 Å². The highest BCUT2D eigenvalue weighted by molar-refractivity contribution is 7.92. The van der Waals surface area contributed by atoms with Crippen molar-refractivity contribution < 1.29 is 17.9 Å². The number of anilines is 1. The third kappa shape index (κ3) is 4.39.